The molecule has 0 amide bonds. The molecule has 1 heterocycles. The molecule has 0 fully saturated rings. The summed E-state index contributed by atoms with van der Waals surface area (Å²) in [5.41, 5.74) is 14.4. The van der Waals surface area contributed by atoms with Crippen molar-refractivity contribution in [3.63, 3.8) is 0 Å². The van der Waals surface area contributed by atoms with Crippen molar-refractivity contribution in [3.05, 3.63) is 205 Å². The molecule has 0 spiro atoms. The summed E-state index contributed by atoms with van der Waals surface area (Å²) in [6.45, 7) is 4.70. The summed E-state index contributed by atoms with van der Waals surface area (Å²) >= 11 is 0. The number of para-hydroxylation sites is 1. The van der Waals surface area contributed by atoms with Crippen LogP contribution in [0.1, 0.15) is 25.0 Å². The van der Waals surface area contributed by atoms with E-state index in [1.54, 1.807) is 0 Å². The van der Waals surface area contributed by atoms with Gasteiger partial charge in [-0.1, -0.05) is 190 Å². The molecule has 0 unspecified atom stereocenters. The normalized spacial score (nSPS) is 13.1. The molecule has 0 aliphatic heterocycles. The minimum absolute atomic E-state index is 0.214. The summed E-state index contributed by atoms with van der Waals surface area (Å²) in [5, 5.41) is 11.2. The van der Waals surface area contributed by atoms with Gasteiger partial charge in [0.15, 0.2) is 0 Å². The van der Waals surface area contributed by atoms with Gasteiger partial charge in [-0.05, 0) is 111 Å². The van der Waals surface area contributed by atoms with Crippen LogP contribution in [0.15, 0.2) is 199 Å². The van der Waals surface area contributed by atoms with E-state index < -0.39 is 0 Å². The van der Waals surface area contributed by atoms with Gasteiger partial charge in [0.25, 0.3) is 0 Å². The minimum Gasteiger partial charge on any atom is -0.456 e. The topological polar surface area (TPSA) is 13.1 Å². The van der Waals surface area contributed by atoms with E-state index >= 15 is 0 Å². The molecule has 0 N–H and O–H groups in total. The van der Waals surface area contributed by atoms with Gasteiger partial charge in [-0.25, -0.2) is 0 Å². The molecule has 11 aromatic rings. The molecule has 0 atom stereocenters. The van der Waals surface area contributed by atoms with E-state index in [1.807, 2.05) is 0 Å². The highest BCUT2D eigenvalue weighted by Crippen LogP contribution is 2.55. The Bertz CT molecular complexity index is 3420. The minimum atomic E-state index is -0.214. The van der Waals surface area contributed by atoms with Gasteiger partial charge in [0.05, 0.1) is 0 Å². The third-order valence-corrected chi connectivity index (χ3v) is 12.8. The Morgan fingerprint density at radius 3 is 1.52 bits per heavy atom. The van der Waals surface area contributed by atoms with Crippen LogP contribution in [0.4, 0.5) is 0 Å². The van der Waals surface area contributed by atoms with Gasteiger partial charge < -0.3 is 4.42 Å². The number of furan rings is 1. The van der Waals surface area contributed by atoms with Crippen LogP contribution in [0, 0.1) is 0 Å². The summed E-state index contributed by atoms with van der Waals surface area (Å²) in [7, 11) is 0. The quantitative estimate of drug-likeness (QED) is 0.164. The molecule has 0 radical (unpaired) electrons. The second-order valence-corrected chi connectivity index (χ2v) is 16.3. The molecule has 1 aromatic heterocycles. The summed E-state index contributed by atoms with van der Waals surface area (Å²) in [6.07, 6.45) is 0. The highest BCUT2D eigenvalue weighted by Gasteiger charge is 2.40. The van der Waals surface area contributed by atoms with Gasteiger partial charge >= 0.3 is 0 Å². The van der Waals surface area contributed by atoms with Crippen molar-refractivity contribution >= 4 is 54.1 Å². The van der Waals surface area contributed by atoms with E-state index in [4.69, 9.17) is 4.42 Å². The second kappa shape index (κ2) is 12.4. The zero-order chi connectivity index (χ0) is 38.5. The van der Waals surface area contributed by atoms with Crippen LogP contribution in [0.25, 0.3) is 110 Å². The molecule has 58 heavy (non-hydrogen) atoms. The van der Waals surface area contributed by atoms with Crippen molar-refractivity contribution in [1.29, 1.82) is 0 Å². The van der Waals surface area contributed by atoms with Crippen molar-refractivity contribution in [3.8, 4) is 55.8 Å². The van der Waals surface area contributed by atoms with Crippen LogP contribution < -0.4 is 0 Å². The Hall–Kier alpha value is -7.22. The third-order valence-electron chi connectivity index (χ3n) is 12.8. The smallest absolute Gasteiger partial charge is 0.139 e. The first-order valence-electron chi connectivity index (χ1n) is 20.3. The lowest BCUT2D eigenvalue weighted by molar-refractivity contribution is 0.619. The zero-order valence-corrected chi connectivity index (χ0v) is 32.4. The fourth-order valence-electron chi connectivity index (χ4n) is 10.2. The lowest BCUT2D eigenvalue weighted by atomic mass is 9.79. The van der Waals surface area contributed by atoms with Gasteiger partial charge in [0.1, 0.15) is 11.3 Å². The maximum Gasteiger partial charge on any atom is 0.139 e. The standard InChI is InChI=1S/C57H38O/c1-57(2)51-34-38(30-32-48(51)56-55(57)49-25-11-12-28-52(49)58-56)53-44-21-7-9-23-46(44)54(47-24-10-8-22-45(47)53)50-33-37(41-26-13-17-35-15-3-5-19-39(35)41)29-31-43(50)42-27-14-18-36-16-4-6-20-40(36)42/h3-34H,1-2H3. The fourth-order valence-corrected chi connectivity index (χ4v) is 10.2. The second-order valence-electron chi connectivity index (χ2n) is 16.3. The van der Waals surface area contributed by atoms with Crippen LogP contribution in [0.2, 0.25) is 0 Å². The predicted octanol–water partition coefficient (Wildman–Crippen LogP) is 16.0. The maximum absolute atomic E-state index is 6.56. The van der Waals surface area contributed by atoms with Crippen LogP contribution in [-0.2, 0) is 5.41 Å². The molecule has 0 bridgehead atoms. The van der Waals surface area contributed by atoms with E-state index in [2.05, 4.69) is 208 Å². The monoisotopic (exact) mass is 738 g/mol. The number of fused-ring (bicyclic) bond motifs is 9. The molecular weight excluding hydrogens is 701 g/mol. The molecule has 1 aliphatic carbocycles. The highest BCUT2D eigenvalue weighted by atomic mass is 16.3. The average Bonchev–Trinajstić information content (AvgIpc) is 3.77. The van der Waals surface area contributed by atoms with Gasteiger partial charge in [-0.3, -0.25) is 0 Å². The van der Waals surface area contributed by atoms with Crippen molar-refractivity contribution < 1.29 is 4.42 Å². The Labute approximate surface area is 337 Å². The Kier molecular flexibility index (Phi) is 7.04. The first-order chi connectivity index (χ1) is 28.5. The van der Waals surface area contributed by atoms with Crippen LogP contribution in [0.5, 0.6) is 0 Å². The summed E-state index contributed by atoms with van der Waals surface area (Å²) in [5.74, 6) is 1.00. The fraction of sp³-hybridized carbons (Fsp3) is 0.0526. The summed E-state index contributed by atoms with van der Waals surface area (Å²) in [6, 6.07) is 71.6. The zero-order valence-electron chi connectivity index (χ0n) is 32.4. The van der Waals surface area contributed by atoms with Crippen LogP contribution in [0.3, 0.4) is 0 Å². The number of rotatable bonds is 4. The van der Waals surface area contributed by atoms with E-state index in [0.717, 1.165) is 11.3 Å². The number of hydrogen-bond acceptors (Lipinski definition) is 1. The molecule has 10 aromatic carbocycles. The molecule has 272 valence electrons. The van der Waals surface area contributed by atoms with Crippen LogP contribution in [-0.4, -0.2) is 0 Å². The Balaban J connectivity index is 1.15. The van der Waals surface area contributed by atoms with E-state index in [1.165, 1.54) is 110 Å². The summed E-state index contributed by atoms with van der Waals surface area (Å²) in [4.78, 5) is 0. The van der Waals surface area contributed by atoms with Gasteiger partial charge in [-0.15, -0.1) is 0 Å². The highest BCUT2D eigenvalue weighted by molar-refractivity contribution is 6.23. The third kappa shape index (κ3) is 4.71. The largest absolute Gasteiger partial charge is 0.456 e. The van der Waals surface area contributed by atoms with Crippen molar-refractivity contribution in [1.82, 2.24) is 0 Å². The van der Waals surface area contributed by atoms with Crippen molar-refractivity contribution in [2.75, 3.05) is 0 Å². The van der Waals surface area contributed by atoms with Crippen molar-refractivity contribution in [2.45, 2.75) is 19.3 Å². The molecule has 1 nitrogen and oxygen atoms in total. The van der Waals surface area contributed by atoms with Crippen LogP contribution >= 0.6 is 0 Å². The lowest BCUT2D eigenvalue weighted by Gasteiger charge is -2.23. The van der Waals surface area contributed by atoms with Gasteiger partial charge in [0.2, 0.25) is 0 Å². The van der Waals surface area contributed by atoms with Gasteiger partial charge in [0, 0.05) is 21.9 Å². The van der Waals surface area contributed by atoms with E-state index in [-0.39, 0.29) is 5.41 Å². The molecular formula is C57H38O. The van der Waals surface area contributed by atoms with E-state index in [0.29, 0.717) is 0 Å². The average molecular weight is 739 g/mol. The lowest BCUT2D eigenvalue weighted by Crippen LogP contribution is -2.15. The number of benzene rings is 10. The molecule has 1 aliphatic rings. The molecule has 0 saturated heterocycles. The first kappa shape index (κ1) is 33.0. The maximum atomic E-state index is 6.56. The predicted molar refractivity (Wildman–Crippen MR) is 246 cm³/mol. The van der Waals surface area contributed by atoms with Crippen molar-refractivity contribution in [2.24, 2.45) is 0 Å². The SMILES string of the molecule is CC1(C)c2cc(-c3c4ccccc4c(-c4cc(-c5cccc6ccccc56)ccc4-c4cccc5ccccc45)c4ccccc34)ccc2-c2oc3ccccc3c21. The molecule has 12 rings (SSSR count). The van der Waals surface area contributed by atoms with E-state index in [9.17, 15) is 0 Å². The summed E-state index contributed by atoms with van der Waals surface area (Å²) < 4.78 is 6.56. The Morgan fingerprint density at radius 2 is 0.845 bits per heavy atom. The molecule has 1 heteroatoms. The molecule has 0 saturated carbocycles. The Morgan fingerprint density at radius 1 is 0.345 bits per heavy atom. The number of hydrogen-bond donors (Lipinski definition) is 0. The first-order valence-corrected chi connectivity index (χ1v) is 20.3. The van der Waals surface area contributed by atoms with Gasteiger partial charge in [-0.2, -0.15) is 0 Å².